The fraction of sp³-hybridized carbons (Fsp3) is 0.409. The number of hydrogen-bond donors (Lipinski definition) is 2. The van der Waals surface area contributed by atoms with Crippen molar-refractivity contribution in [2.45, 2.75) is 25.3 Å². The number of methoxy groups -OCH3 is 1. The molecule has 1 fully saturated rings. The molecular formula is C22H30ClIN4O. The van der Waals surface area contributed by atoms with Gasteiger partial charge in [-0.05, 0) is 49.1 Å². The summed E-state index contributed by atoms with van der Waals surface area (Å²) in [7, 11) is 3.46. The maximum Gasteiger partial charge on any atom is 0.191 e. The van der Waals surface area contributed by atoms with Crippen LogP contribution in [0.15, 0.2) is 53.5 Å². The van der Waals surface area contributed by atoms with Gasteiger partial charge in [-0.25, -0.2) is 0 Å². The van der Waals surface area contributed by atoms with Crippen LogP contribution in [0, 0.1) is 0 Å². The van der Waals surface area contributed by atoms with E-state index in [1.54, 1.807) is 7.11 Å². The van der Waals surface area contributed by atoms with Crippen LogP contribution in [0.5, 0.6) is 5.75 Å². The number of piperidine rings is 1. The first-order chi connectivity index (χ1) is 13.7. The standard InChI is InChI=1S/C22H29ClN4O.HI/c1-24-22(25-13-10-17-8-9-20(28-2)16-21(17)23)26-18-11-14-27(15-12-18)19-6-4-3-5-7-19;/h3-9,16,18H,10-15H2,1-2H3,(H2,24,25,26);1H. The number of hydrogen-bond acceptors (Lipinski definition) is 3. The SMILES string of the molecule is CN=C(NCCc1ccc(OC)cc1Cl)NC1CCN(c2ccccc2)CC1.I. The number of halogens is 2. The monoisotopic (exact) mass is 528 g/mol. The summed E-state index contributed by atoms with van der Waals surface area (Å²) in [6, 6.07) is 16.9. The topological polar surface area (TPSA) is 48.9 Å². The van der Waals surface area contributed by atoms with Gasteiger partial charge in [0, 0.05) is 43.4 Å². The van der Waals surface area contributed by atoms with Gasteiger partial charge in [0.2, 0.25) is 0 Å². The van der Waals surface area contributed by atoms with Gasteiger partial charge >= 0.3 is 0 Å². The molecule has 0 atom stereocenters. The Labute approximate surface area is 195 Å². The van der Waals surface area contributed by atoms with Crippen LogP contribution in [0.3, 0.4) is 0 Å². The van der Waals surface area contributed by atoms with Crippen molar-refractivity contribution in [1.82, 2.24) is 10.6 Å². The average Bonchev–Trinajstić information content (AvgIpc) is 2.75. The molecule has 0 aromatic heterocycles. The molecule has 1 saturated heterocycles. The molecule has 3 rings (SSSR count). The van der Waals surface area contributed by atoms with Crippen molar-refractivity contribution in [3.8, 4) is 5.75 Å². The highest BCUT2D eigenvalue weighted by molar-refractivity contribution is 14.0. The van der Waals surface area contributed by atoms with Crippen molar-refractivity contribution < 1.29 is 4.74 Å². The molecule has 7 heteroatoms. The number of nitrogens with zero attached hydrogens (tertiary/aromatic N) is 2. The largest absolute Gasteiger partial charge is 0.497 e. The van der Waals surface area contributed by atoms with Gasteiger partial charge in [-0.3, -0.25) is 4.99 Å². The fourth-order valence-electron chi connectivity index (χ4n) is 3.48. The van der Waals surface area contributed by atoms with Gasteiger partial charge < -0.3 is 20.3 Å². The number of ether oxygens (including phenoxy) is 1. The minimum absolute atomic E-state index is 0. The van der Waals surface area contributed by atoms with Crippen LogP contribution in [0.4, 0.5) is 5.69 Å². The molecule has 2 aromatic rings. The number of benzene rings is 2. The van der Waals surface area contributed by atoms with Crippen molar-refractivity contribution in [2.24, 2.45) is 4.99 Å². The number of para-hydroxylation sites is 1. The van der Waals surface area contributed by atoms with Crippen LogP contribution in [0.2, 0.25) is 5.02 Å². The number of rotatable bonds is 6. The normalized spacial score (nSPS) is 14.9. The minimum atomic E-state index is 0. The molecule has 158 valence electrons. The first-order valence-electron chi connectivity index (χ1n) is 9.79. The van der Waals surface area contributed by atoms with E-state index in [1.165, 1.54) is 5.69 Å². The molecule has 0 radical (unpaired) electrons. The molecule has 29 heavy (non-hydrogen) atoms. The molecule has 5 nitrogen and oxygen atoms in total. The number of anilines is 1. The molecule has 2 N–H and O–H groups in total. The Balaban J connectivity index is 0.00000300. The Kier molecular flexibility index (Phi) is 9.87. The number of nitrogens with one attached hydrogen (secondary N) is 2. The quantitative estimate of drug-likeness (QED) is 0.333. The van der Waals surface area contributed by atoms with E-state index in [2.05, 4.69) is 50.9 Å². The van der Waals surface area contributed by atoms with Gasteiger partial charge in [0.25, 0.3) is 0 Å². The van der Waals surface area contributed by atoms with Gasteiger partial charge in [-0.15, -0.1) is 24.0 Å². The highest BCUT2D eigenvalue weighted by Crippen LogP contribution is 2.22. The van der Waals surface area contributed by atoms with E-state index in [0.717, 1.165) is 61.2 Å². The van der Waals surface area contributed by atoms with Crippen LogP contribution in [-0.2, 0) is 6.42 Å². The van der Waals surface area contributed by atoms with Crippen LogP contribution in [-0.4, -0.2) is 45.8 Å². The highest BCUT2D eigenvalue weighted by atomic mass is 127. The summed E-state index contributed by atoms with van der Waals surface area (Å²) in [5.41, 5.74) is 2.40. The van der Waals surface area contributed by atoms with Crippen molar-refractivity contribution in [2.75, 3.05) is 38.7 Å². The summed E-state index contributed by atoms with van der Waals surface area (Å²) in [4.78, 5) is 6.81. The first-order valence-corrected chi connectivity index (χ1v) is 10.2. The average molecular weight is 529 g/mol. The molecule has 0 amide bonds. The van der Waals surface area contributed by atoms with E-state index in [1.807, 2.05) is 25.2 Å². The van der Waals surface area contributed by atoms with Crippen molar-refractivity contribution in [3.05, 3.63) is 59.1 Å². The lowest BCUT2D eigenvalue weighted by Gasteiger charge is -2.34. The third kappa shape index (κ3) is 6.96. The van der Waals surface area contributed by atoms with E-state index >= 15 is 0 Å². The van der Waals surface area contributed by atoms with Crippen molar-refractivity contribution in [1.29, 1.82) is 0 Å². The second-order valence-electron chi connectivity index (χ2n) is 6.95. The van der Waals surface area contributed by atoms with Gasteiger partial charge in [0.1, 0.15) is 5.75 Å². The zero-order valence-corrected chi connectivity index (χ0v) is 20.1. The van der Waals surface area contributed by atoms with Crippen LogP contribution in [0.1, 0.15) is 18.4 Å². The van der Waals surface area contributed by atoms with Gasteiger partial charge in [0.15, 0.2) is 5.96 Å². The van der Waals surface area contributed by atoms with E-state index in [-0.39, 0.29) is 24.0 Å². The molecule has 0 unspecified atom stereocenters. The maximum absolute atomic E-state index is 6.32. The predicted octanol–water partition coefficient (Wildman–Crippen LogP) is 4.34. The first kappa shape index (κ1) is 23.6. The summed E-state index contributed by atoms with van der Waals surface area (Å²) >= 11 is 6.32. The summed E-state index contributed by atoms with van der Waals surface area (Å²) in [6.45, 7) is 2.88. The van der Waals surface area contributed by atoms with Crippen LogP contribution in [0.25, 0.3) is 0 Å². The molecule has 2 aromatic carbocycles. The Morgan fingerprint density at radius 1 is 1.17 bits per heavy atom. The Morgan fingerprint density at radius 2 is 1.90 bits per heavy atom. The molecule has 0 bridgehead atoms. The maximum atomic E-state index is 6.32. The van der Waals surface area contributed by atoms with Crippen molar-refractivity contribution >= 4 is 47.2 Å². The highest BCUT2D eigenvalue weighted by Gasteiger charge is 2.20. The molecule has 0 saturated carbocycles. The Bertz CT molecular complexity index is 780. The lowest BCUT2D eigenvalue weighted by molar-refractivity contribution is 0.414. The lowest BCUT2D eigenvalue weighted by Crippen LogP contribution is -2.49. The zero-order valence-electron chi connectivity index (χ0n) is 17.0. The zero-order chi connectivity index (χ0) is 19.8. The second-order valence-corrected chi connectivity index (χ2v) is 7.35. The van der Waals surface area contributed by atoms with Crippen LogP contribution < -0.4 is 20.3 Å². The molecule has 1 heterocycles. The summed E-state index contributed by atoms with van der Waals surface area (Å²) in [6.07, 6.45) is 3.02. The van der Waals surface area contributed by atoms with Gasteiger partial charge in [0.05, 0.1) is 7.11 Å². The van der Waals surface area contributed by atoms with Gasteiger partial charge in [-0.1, -0.05) is 35.9 Å². The van der Waals surface area contributed by atoms with E-state index in [9.17, 15) is 0 Å². The third-order valence-electron chi connectivity index (χ3n) is 5.13. The van der Waals surface area contributed by atoms with Crippen LogP contribution >= 0.6 is 35.6 Å². The lowest BCUT2D eigenvalue weighted by atomic mass is 10.0. The molecule has 0 aliphatic carbocycles. The third-order valence-corrected chi connectivity index (χ3v) is 5.48. The fourth-order valence-corrected chi connectivity index (χ4v) is 3.75. The van der Waals surface area contributed by atoms with E-state index < -0.39 is 0 Å². The molecular weight excluding hydrogens is 499 g/mol. The molecule has 1 aliphatic rings. The number of aliphatic imine (C=N–C) groups is 1. The Hall–Kier alpha value is -1.67. The molecule has 0 spiro atoms. The Morgan fingerprint density at radius 3 is 2.52 bits per heavy atom. The summed E-state index contributed by atoms with van der Waals surface area (Å²) < 4.78 is 5.20. The van der Waals surface area contributed by atoms with Gasteiger partial charge in [-0.2, -0.15) is 0 Å². The molecule has 1 aliphatic heterocycles. The smallest absolute Gasteiger partial charge is 0.191 e. The summed E-state index contributed by atoms with van der Waals surface area (Å²) in [5.74, 6) is 1.63. The second kappa shape index (κ2) is 12.1. The van der Waals surface area contributed by atoms with Crippen molar-refractivity contribution in [3.63, 3.8) is 0 Å². The predicted molar refractivity (Wildman–Crippen MR) is 133 cm³/mol. The number of guanidine groups is 1. The summed E-state index contributed by atoms with van der Waals surface area (Å²) in [5, 5.41) is 7.69. The van der Waals surface area contributed by atoms with E-state index in [0.29, 0.717) is 6.04 Å². The van der Waals surface area contributed by atoms with E-state index in [4.69, 9.17) is 16.3 Å². The minimum Gasteiger partial charge on any atom is -0.497 e.